The van der Waals surface area contributed by atoms with E-state index in [2.05, 4.69) is 73.8 Å². The van der Waals surface area contributed by atoms with Crippen LogP contribution in [0.25, 0.3) is 10.6 Å². The number of rotatable bonds is 4. The molecule has 0 saturated heterocycles. The molecule has 0 amide bonds. The molecule has 0 aliphatic heterocycles. The van der Waals surface area contributed by atoms with Crippen LogP contribution in [0.5, 0.6) is 0 Å². The van der Waals surface area contributed by atoms with Gasteiger partial charge in [-0.05, 0) is 74.5 Å². The summed E-state index contributed by atoms with van der Waals surface area (Å²) in [6.45, 7) is 8.56. The highest BCUT2D eigenvalue weighted by atomic mass is 32.2. The number of thiazole rings is 1. The van der Waals surface area contributed by atoms with Gasteiger partial charge in [0, 0.05) is 27.2 Å². The van der Waals surface area contributed by atoms with Crippen molar-refractivity contribution in [3.05, 3.63) is 64.2 Å². The minimum Gasteiger partial charge on any atom is -0.326 e. The first kappa shape index (κ1) is 16.1. The van der Waals surface area contributed by atoms with Crippen LogP contribution in [-0.2, 0) is 0 Å². The van der Waals surface area contributed by atoms with E-state index in [0.29, 0.717) is 0 Å². The van der Waals surface area contributed by atoms with Gasteiger partial charge in [-0.25, -0.2) is 4.98 Å². The SMILES string of the molecule is Cc1cnc(-c2cccc(NSc3cc(C)c(C)cc3C)c2)s1. The Bertz CT molecular complexity index is 837. The number of anilines is 1. The van der Waals surface area contributed by atoms with Gasteiger partial charge in [0.1, 0.15) is 5.01 Å². The van der Waals surface area contributed by atoms with E-state index >= 15 is 0 Å². The predicted octanol–water partition coefficient (Wildman–Crippen LogP) is 6.16. The van der Waals surface area contributed by atoms with Crippen LogP contribution in [0.3, 0.4) is 0 Å². The highest BCUT2D eigenvalue weighted by molar-refractivity contribution is 8.00. The molecule has 0 bridgehead atoms. The summed E-state index contributed by atoms with van der Waals surface area (Å²) in [5, 5.41) is 1.07. The molecular formula is C19H20N2S2. The summed E-state index contributed by atoms with van der Waals surface area (Å²) >= 11 is 3.39. The van der Waals surface area contributed by atoms with E-state index in [1.54, 1.807) is 23.3 Å². The van der Waals surface area contributed by atoms with Crippen molar-refractivity contribution in [2.75, 3.05) is 4.72 Å². The molecule has 1 N–H and O–H groups in total. The second-order valence-electron chi connectivity index (χ2n) is 5.76. The van der Waals surface area contributed by atoms with Gasteiger partial charge in [-0.15, -0.1) is 11.3 Å². The largest absolute Gasteiger partial charge is 0.326 e. The summed E-state index contributed by atoms with van der Waals surface area (Å²) in [5.74, 6) is 0. The molecule has 0 atom stereocenters. The average molecular weight is 341 g/mol. The molecule has 3 rings (SSSR count). The molecule has 0 unspecified atom stereocenters. The summed E-state index contributed by atoms with van der Waals surface area (Å²) in [5.41, 5.74) is 6.22. The van der Waals surface area contributed by atoms with E-state index in [4.69, 9.17) is 0 Å². The molecule has 1 heterocycles. The Labute approximate surface area is 146 Å². The third-order valence-corrected chi connectivity index (χ3v) is 5.76. The highest BCUT2D eigenvalue weighted by Crippen LogP contribution is 2.30. The van der Waals surface area contributed by atoms with Gasteiger partial charge < -0.3 is 4.72 Å². The quantitative estimate of drug-likeness (QED) is 0.575. The van der Waals surface area contributed by atoms with Crippen LogP contribution in [0.4, 0.5) is 5.69 Å². The Morgan fingerprint density at radius 3 is 2.48 bits per heavy atom. The number of benzene rings is 2. The number of aryl methyl sites for hydroxylation is 4. The first-order valence-electron chi connectivity index (χ1n) is 7.56. The molecule has 118 valence electrons. The summed E-state index contributed by atoms with van der Waals surface area (Å²) in [6.07, 6.45) is 1.92. The predicted molar refractivity (Wildman–Crippen MR) is 102 cm³/mol. The van der Waals surface area contributed by atoms with Crippen molar-refractivity contribution in [1.29, 1.82) is 0 Å². The maximum atomic E-state index is 4.46. The van der Waals surface area contributed by atoms with Gasteiger partial charge >= 0.3 is 0 Å². The van der Waals surface area contributed by atoms with Crippen molar-refractivity contribution in [3.63, 3.8) is 0 Å². The lowest BCUT2D eigenvalue weighted by molar-refractivity contribution is 1.21. The van der Waals surface area contributed by atoms with E-state index in [-0.39, 0.29) is 0 Å². The summed E-state index contributed by atoms with van der Waals surface area (Å²) < 4.78 is 3.46. The summed E-state index contributed by atoms with van der Waals surface area (Å²) in [7, 11) is 0. The highest BCUT2D eigenvalue weighted by Gasteiger charge is 2.06. The molecule has 2 aromatic carbocycles. The molecule has 0 aliphatic carbocycles. The van der Waals surface area contributed by atoms with E-state index in [0.717, 1.165) is 16.3 Å². The Morgan fingerprint density at radius 1 is 0.957 bits per heavy atom. The first-order chi connectivity index (χ1) is 11.0. The molecule has 2 nitrogen and oxygen atoms in total. The van der Waals surface area contributed by atoms with Gasteiger partial charge in [0.2, 0.25) is 0 Å². The van der Waals surface area contributed by atoms with Gasteiger partial charge in [0.15, 0.2) is 0 Å². The van der Waals surface area contributed by atoms with Crippen molar-refractivity contribution in [3.8, 4) is 10.6 Å². The Kier molecular flexibility index (Phi) is 4.74. The zero-order chi connectivity index (χ0) is 16.4. The molecule has 1 aromatic heterocycles. The third kappa shape index (κ3) is 3.77. The van der Waals surface area contributed by atoms with Crippen LogP contribution >= 0.6 is 23.3 Å². The normalized spacial score (nSPS) is 10.8. The fraction of sp³-hybridized carbons (Fsp3) is 0.211. The van der Waals surface area contributed by atoms with Crippen molar-refractivity contribution >= 4 is 29.0 Å². The van der Waals surface area contributed by atoms with Gasteiger partial charge in [0.25, 0.3) is 0 Å². The summed E-state index contributed by atoms with van der Waals surface area (Å²) in [6, 6.07) is 12.9. The van der Waals surface area contributed by atoms with Gasteiger partial charge in [-0.3, -0.25) is 0 Å². The Morgan fingerprint density at radius 2 is 1.74 bits per heavy atom. The molecule has 0 spiro atoms. The first-order valence-corrected chi connectivity index (χ1v) is 9.20. The number of hydrogen-bond acceptors (Lipinski definition) is 4. The minimum absolute atomic E-state index is 1.07. The molecule has 3 aromatic rings. The Hall–Kier alpha value is -1.78. The molecule has 23 heavy (non-hydrogen) atoms. The van der Waals surface area contributed by atoms with Crippen LogP contribution < -0.4 is 4.72 Å². The second-order valence-corrected chi connectivity index (χ2v) is 7.85. The number of nitrogens with zero attached hydrogens (tertiary/aromatic N) is 1. The maximum Gasteiger partial charge on any atom is 0.123 e. The molecule has 0 radical (unpaired) electrons. The van der Waals surface area contributed by atoms with Gasteiger partial charge in [-0.1, -0.05) is 18.2 Å². The van der Waals surface area contributed by atoms with Crippen LogP contribution in [-0.4, -0.2) is 4.98 Å². The second kappa shape index (κ2) is 6.77. The number of hydrogen-bond donors (Lipinski definition) is 1. The zero-order valence-electron chi connectivity index (χ0n) is 13.8. The van der Waals surface area contributed by atoms with Crippen molar-refractivity contribution in [2.45, 2.75) is 32.6 Å². The van der Waals surface area contributed by atoms with Crippen LogP contribution in [0, 0.1) is 27.7 Å². The van der Waals surface area contributed by atoms with Gasteiger partial charge in [0.05, 0.1) is 0 Å². The van der Waals surface area contributed by atoms with Crippen LogP contribution in [0.15, 0.2) is 47.5 Å². The van der Waals surface area contributed by atoms with Crippen LogP contribution in [0.2, 0.25) is 0 Å². The smallest absolute Gasteiger partial charge is 0.123 e. The van der Waals surface area contributed by atoms with Crippen LogP contribution in [0.1, 0.15) is 21.6 Å². The zero-order valence-corrected chi connectivity index (χ0v) is 15.4. The Balaban J connectivity index is 1.78. The average Bonchev–Trinajstić information content (AvgIpc) is 2.96. The molecule has 0 aliphatic rings. The third-order valence-electron chi connectivity index (χ3n) is 3.80. The van der Waals surface area contributed by atoms with E-state index in [9.17, 15) is 0 Å². The number of nitrogens with one attached hydrogen (secondary N) is 1. The maximum absolute atomic E-state index is 4.46. The lowest BCUT2D eigenvalue weighted by atomic mass is 10.1. The lowest BCUT2D eigenvalue weighted by Crippen LogP contribution is -1.92. The molecule has 0 fully saturated rings. The standard InChI is InChI=1S/C19H20N2S2/c1-12-8-14(3)18(9-13(12)2)23-21-17-7-5-6-16(10-17)19-20-11-15(4)22-19/h5-11,21H,1-4H3. The van der Waals surface area contributed by atoms with E-state index < -0.39 is 0 Å². The fourth-order valence-electron chi connectivity index (χ4n) is 2.36. The lowest BCUT2D eigenvalue weighted by Gasteiger charge is -2.11. The monoisotopic (exact) mass is 340 g/mol. The number of aromatic nitrogens is 1. The minimum atomic E-state index is 1.07. The van der Waals surface area contributed by atoms with Crippen molar-refractivity contribution in [1.82, 2.24) is 4.98 Å². The topological polar surface area (TPSA) is 24.9 Å². The van der Waals surface area contributed by atoms with Crippen molar-refractivity contribution in [2.24, 2.45) is 0 Å². The fourth-order valence-corrected chi connectivity index (χ4v) is 3.93. The van der Waals surface area contributed by atoms with E-state index in [1.807, 2.05) is 6.20 Å². The van der Waals surface area contributed by atoms with E-state index in [1.165, 1.54) is 26.5 Å². The molecule has 4 heteroatoms. The molecule has 0 saturated carbocycles. The van der Waals surface area contributed by atoms with Gasteiger partial charge in [-0.2, -0.15) is 0 Å². The van der Waals surface area contributed by atoms with Crippen molar-refractivity contribution < 1.29 is 0 Å². The summed E-state index contributed by atoms with van der Waals surface area (Å²) in [4.78, 5) is 6.97. The molecular weight excluding hydrogens is 320 g/mol.